The van der Waals surface area contributed by atoms with Gasteiger partial charge in [-0.1, -0.05) is 12.1 Å². The van der Waals surface area contributed by atoms with E-state index in [1.165, 1.54) is 12.1 Å². The molecule has 1 atom stereocenters. The Kier molecular flexibility index (Phi) is 6.58. The van der Waals surface area contributed by atoms with Crippen molar-refractivity contribution in [1.29, 1.82) is 0 Å². The van der Waals surface area contributed by atoms with E-state index in [1.54, 1.807) is 37.8 Å². The highest BCUT2D eigenvalue weighted by atomic mass is 19.1. The fourth-order valence-electron chi connectivity index (χ4n) is 2.81. The molecule has 2 amide bonds. The molecule has 6 nitrogen and oxygen atoms in total. The lowest BCUT2D eigenvalue weighted by molar-refractivity contribution is -0.135. The number of alkyl carbamates (subject to hydrolysis) is 1. The van der Waals surface area contributed by atoms with E-state index in [9.17, 15) is 19.1 Å². The van der Waals surface area contributed by atoms with Crippen LogP contribution in [-0.2, 0) is 16.0 Å². The van der Waals surface area contributed by atoms with Gasteiger partial charge in [-0.25, -0.2) is 9.18 Å². The summed E-state index contributed by atoms with van der Waals surface area (Å²) in [6, 6.07) is 5.01. The monoisotopic (exact) mass is 366 g/mol. The van der Waals surface area contributed by atoms with E-state index in [-0.39, 0.29) is 18.1 Å². The van der Waals surface area contributed by atoms with Crippen LogP contribution < -0.4 is 5.32 Å². The Labute approximate surface area is 153 Å². The molecule has 2 rings (SSSR count). The molecule has 7 heteroatoms. The lowest BCUT2D eigenvalue weighted by atomic mass is 10.0. The van der Waals surface area contributed by atoms with Crippen molar-refractivity contribution in [1.82, 2.24) is 10.2 Å². The van der Waals surface area contributed by atoms with Crippen molar-refractivity contribution in [2.24, 2.45) is 0 Å². The summed E-state index contributed by atoms with van der Waals surface area (Å²) in [7, 11) is 0. The van der Waals surface area contributed by atoms with Gasteiger partial charge in [0.2, 0.25) is 5.91 Å². The number of ether oxygens (including phenoxy) is 1. The Hall–Kier alpha value is -2.15. The molecule has 0 unspecified atom stereocenters. The summed E-state index contributed by atoms with van der Waals surface area (Å²) in [6.45, 7) is 6.12. The molecule has 1 aliphatic rings. The zero-order chi connectivity index (χ0) is 19.3. The molecule has 0 saturated carbocycles. The number of rotatable bonds is 4. The summed E-state index contributed by atoms with van der Waals surface area (Å²) >= 11 is 0. The van der Waals surface area contributed by atoms with E-state index in [2.05, 4.69) is 5.32 Å². The van der Waals surface area contributed by atoms with Crippen molar-refractivity contribution < 1.29 is 23.8 Å². The number of aliphatic hydroxyl groups excluding tert-OH is 1. The number of halogens is 1. The summed E-state index contributed by atoms with van der Waals surface area (Å²) in [4.78, 5) is 26.7. The Morgan fingerprint density at radius 3 is 2.38 bits per heavy atom. The van der Waals surface area contributed by atoms with E-state index in [1.807, 2.05) is 0 Å². The van der Waals surface area contributed by atoms with Crippen LogP contribution >= 0.6 is 0 Å². The van der Waals surface area contributed by atoms with Gasteiger partial charge in [0.05, 0.1) is 6.10 Å². The van der Waals surface area contributed by atoms with Crippen LogP contribution in [0.25, 0.3) is 0 Å². The number of likely N-dealkylation sites (tertiary alicyclic amines) is 1. The standard InChI is InChI=1S/C19H27FN2O4/c1-19(2,3)26-18(25)21-16(12-13-4-6-14(20)7-5-13)17(24)22-10-8-15(23)9-11-22/h4-7,15-16,23H,8-12H2,1-3H3,(H,21,25)/t16-/m1/s1. The van der Waals surface area contributed by atoms with Crippen LogP contribution in [0.2, 0.25) is 0 Å². The summed E-state index contributed by atoms with van der Waals surface area (Å²) in [5.74, 6) is -0.589. The van der Waals surface area contributed by atoms with Gasteiger partial charge in [-0.3, -0.25) is 4.79 Å². The number of carbonyl (C=O) groups is 2. The van der Waals surface area contributed by atoms with Crippen molar-refractivity contribution in [3.63, 3.8) is 0 Å². The number of nitrogens with zero attached hydrogens (tertiary/aromatic N) is 1. The third kappa shape index (κ3) is 6.29. The van der Waals surface area contributed by atoms with Crippen LogP contribution in [0, 0.1) is 5.82 Å². The van der Waals surface area contributed by atoms with E-state index in [4.69, 9.17) is 4.74 Å². The van der Waals surface area contributed by atoms with Gasteiger partial charge >= 0.3 is 6.09 Å². The highest BCUT2D eigenvalue weighted by molar-refractivity contribution is 5.86. The van der Waals surface area contributed by atoms with Gasteiger partial charge < -0.3 is 20.1 Å². The second-order valence-electron chi connectivity index (χ2n) is 7.59. The van der Waals surface area contributed by atoms with Crippen LogP contribution in [-0.4, -0.2) is 52.8 Å². The molecule has 1 aromatic carbocycles. The molecule has 2 N–H and O–H groups in total. The lowest BCUT2D eigenvalue weighted by Crippen LogP contribution is -2.52. The number of amides is 2. The molecule has 0 aliphatic carbocycles. The Morgan fingerprint density at radius 2 is 1.85 bits per heavy atom. The van der Waals surface area contributed by atoms with Crippen molar-refractivity contribution >= 4 is 12.0 Å². The van der Waals surface area contributed by atoms with E-state index in [0.717, 1.165) is 5.56 Å². The van der Waals surface area contributed by atoms with E-state index in [0.29, 0.717) is 25.9 Å². The average molecular weight is 366 g/mol. The van der Waals surface area contributed by atoms with Gasteiger partial charge in [0.25, 0.3) is 0 Å². The van der Waals surface area contributed by atoms with Gasteiger partial charge in [0.1, 0.15) is 17.5 Å². The van der Waals surface area contributed by atoms with E-state index >= 15 is 0 Å². The first-order valence-corrected chi connectivity index (χ1v) is 8.85. The van der Waals surface area contributed by atoms with Crippen LogP contribution in [0.15, 0.2) is 24.3 Å². The minimum absolute atomic E-state index is 0.230. The maximum Gasteiger partial charge on any atom is 0.408 e. The maximum atomic E-state index is 13.1. The molecular weight excluding hydrogens is 339 g/mol. The molecule has 1 heterocycles. The predicted molar refractivity (Wildman–Crippen MR) is 95.1 cm³/mol. The van der Waals surface area contributed by atoms with Crippen molar-refractivity contribution in [2.45, 2.75) is 57.8 Å². The Bertz CT molecular complexity index is 619. The van der Waals surface area contributed by atoms with E-state index < -0.39 is 23.8 Å². The highest BCUT2D eigenvalue weighted by Crippen LogP contribution is 2.15. The molecule has 1 saturated heterocycles. The van der Waals surface area contributed by atoms with Crippen LogP contribution in [0.3, 0.4) is 0 Å². The molecule has 1 aliphatic heterocycles. The SMILES string of the molecule is CC(C)(C)OC(=O)N[C@H](Cc1ccc(F)cc1)C(=O)N1CCC(O)CC1. The number of hydrogen-bond donors (Lipinski definition) is 2. The van der Waals surface area contributed by atoms with Crippen LogP contribution in [0.4, 0.5) is 9.18 Å². The first-order chi connectivity index (χ1) is 12.1. The first kappa shape index (κ1) is 20.2. The topological polar surface area (TPSA) is 78.9 Å². The van der Waals surface area contributed by atoms with Crippen molar-refractivity contribution in [3.05, 3.63) is 35.6 Å². The summed E-state index contributed by atoms with van der Waals surface area (Å²) < 4.78 is 18.4. The summed E-state index contributed by atoms with van der Waals surface area (Å²) in [5.41, 5.74) is 0.0563. The third-order valence-electron chi connectivity index (χ3n) is 4.12. The predicted octanol–water partition coefficient (Wildman–Crippen LogP) is 2.24. The van der Waals surface area contributed by atoms with Crippen molar-refractivity contribution in [3.8, 4) is 0 Å². The number of piperidine rings is 1. The summed E-state index contributed by atoms with van der Waals surface area (Å²) in [6.07, 6.45) is 0.198. The lowest BCUT2D eigenvalue weighted by Gasteiger charge is -2.33. The molecule has 1 aromatic rings. The van der Waals surface area contributed by atoms with Gasteiger partial charge in [-0.05, 0) is 51.3 Å². The molecule has 144 valence electrons. The van der Waals surface area contributed by atoms with Gasteiger partial charge in [0.15, 0.2) is 0 Å². The smallest absolute Gasteiger partial charge is 0.408 e. The summed E-state index contributed by atoms with van der Waals surface area (Å²) in [5, 5.41) is 12.3. The minimum Gasteiger partial charge on any atom is -0.444 e. The fourth-order valence-corrected chi connectivity index (χ4v) is 2.81. The molecular formula is C19H27FN2O4. The highest BCUT2D eigenvalue weighted by Gasteiger charge is 2.30. The second-order valence-corrected chi connectivity index (χ2v) is 7.59. The molecule has 0 bridgehead atoms. The Morgan fingerprint density at radius 1 is 1.27 bits per heavy atom. The molecule has 26 heavy (non-hydrogen) atoms. The van der Waals surface area contributed by atoms with Crippen LogP contribution in [0.5, 0.6) is 0 Å². The van der Waals surface area contributed by atoms with Crippen molar-refractivity contribution in [2.75, 3.05) is 13.1 Å². The Balaban J connectivity index is 2.10. The molecule has 0 aromatic heterocycles. The van der Waals surface area contributed by atoms with Gasteiger partial charge in [-0.2, -0.15) is 0 Å². The zero-order valence-electron chi connectivity index (χ0n) is 15.5. The molecule has 0 spiro atoms. The van der Waals surface area contributed by atoms with Crippen LogP contribution in [0.1, 0.15) is 39.2 Å². The van der Waals surface area contributed by atoms with Gasteiger partial charge in [0, 0.05) is 19.5 Å². The average Bonchev–Trinajstić information content (AvgIpc) is 2.54. The molecule has 1 fully saturated rings. The third-order valence-corrected chi connectivity index (χ3v) is 4.12. The molecule has 0 radical (unpaired) electrons. The minimum atomic E-state index is -0.814. The largest absolute Gasteiger partial charge is 0.444 e. The number of nitrogens with one attached hydrogen (secondary N) is 1. The zero-order valence-corrected chi connectivity index (χ0v) is 15.5. The maximum absolute atomic E-state index is 13.1. The number of hydrogen-bond acceptors (Lipinski definition) is 4. The quantitative estimate of drug-likeness (QED) is 0.857. The first-order valence-electron chi connectivity index (χ1n) is 8.85. The normalized spacial score (nSPS) is 16.9. The second kappa shape index (κ2) is 8.49. The number of carbonyl (C=O) groups excluding carboxylic acids is 2. The number of benzene rings is 1. The fraction of sp³-hybridized carbons (Fsp3) is 0.579. The number of aliphatic hydroxyl groups is 1. The van der Waals surface area contributed by atoms with Gasteiger partial charge in [-0.15, -0.1) is 0 Å².